The van der Waals surface area contributed by atoms with E-state index in [1.165, 1.54) is 0 Å². The summed E-state index contributed by atoms with van der Waals surface area (Å²) < 4.78 is 0.958. The van der Waals surface area contributed by atoms with Crippen LogP contribution in [0.3, 0.4) is 0 Å². The van der Waals surface area contributed by atoms with E-state index in [1.54, 1.807) is 5.48 Å². The van der Waals surface area contributed by atoms with Crippen molar-refractivity contribution in [3.63, 3.8) is 0 Å². The van der Waals surface area contributed by atoms with Crippen LogP contribution in [0.1, 0.15) is 5.56 Å². The summed E-state index contributed by atoms with van der Waals surface area (Å²) in [4.78, 5) is 3.94. The van der Waals surface area contributed by atoms with Crippen LogP contribution in [-0.4, -0.2) is 11.2 Å². The highest BCUT2D eigenvalue weighted by atomic mass is 79.9. The average molecular weight is 244 g/mol. The van der Waals surface area contributed by atoms with Gasteiger partial charge < -0.3 is 5.73 Å². The van der Waals surface area contributed by atoms with Crippen LogP contribution in [-0.2, 0) is 0 Å². The summed E-state index contributed by atoms with van der Waals surface area (Å²) in [5.41, 5.74) is 8.76. The van der Waals surface area contributed by atoms with Gasteiger partial charge >= 0.3 is 0 Å². The van der Waals surface area contributed by atoms with Crippen molar-refractivity contribution in [2.45, 2.75) is 6.92 Å². The molecule has 0 heterocycles. The second kappa shape index (κ2) is 4.25. The molecule has 1 aromatic carbocycles. The van der Waals surface area contributed by atoms with Gasteiger partial charge in [-0.1, -0.05) is 22.0 Å². The number of halogens is 1. The number of rotatable bonds is 1. The number of nitrogens with one attached hydrogen (secondary N) is 1. The van der Waals surface area contributed by atoms with E-state index in [0.29, 0.717) is 5.69 Å². The number of nitrogens with two attached hydrogens (primary N) is 1. The Hall–Kier alpha value is -1.07. The normalized spacial score (nSPS) is 11.5. The number of aliphatic imine (C=N–C) groups is 1. The molecule has 0 fully saturated rings. The lowest BCUT2D eigenvalue weighted by atomic mass is 10.2. The molecule has 0 atom stereocenters. The third-order valence-electron chi connectivity index (χ3n) is 1.59. The van der Waals surface area contributed by atoms with Crippen LogP contribution in [0.5, 0.6) is 0 Å². The highest BCUT2D eigenvalue weighted by molar-refractivity contribution is 9.10. The third-order valence-corrected chi connectivity index (χ3v) is 2.45. The molecule has 0 aromatic heterocycles. The van der Waals surface area contributed by atoms with Gasteiger partial charge in [0.1, 0.15) is 0 Å². The van der Waals surface area contributed by atoms with E-state index in [-0.39, 0.29) is 5.96 Å². The van der Waals surface area contributed by atoms with Crippen LogP contribution in [0.25, 0.3) is 0 Å². The minimum absolute atomic E-state index is 0.0267. The van der Waals surface area contributed by atoms with Crippen LogP contribution in [0.15, 0.2) is 27.7 Å². The first-order valence-electron chi connectivity index (χ1n) is 3.64. The fourth-order valence-electron chi connectivity index (χ4n) is 0.872. The molecule has 0 radical (unpaired) electrons. The second-order valence-electron chi connectivity index (χ2n) is 2.49. The largest absolute Gasteiger partial charge is 0.368 e. The van der Waals surface area contributed by atoms with Crippen molar-refractivity contribution in [3.8, 4) is 0 Å². The van der Waals surface area contributed by atoms with Gasteiger partial charge in [0.05, 0.1) is 5.69 Å². The topological polar surface area (TPSA) is 70.6 Å². The Morgan fingerprint density at radius 3 is 2.92 bits per heavy atom. The Morgan fingerprint density at radius 2 is 2.31 bits per heavy atom. The molecule has 13 heavy (non-hydrogen) atoms. The molecule has 0 saturated heterocycles. The maximum atomic E-state index is 8.44. The fourth-order valence-corrected chi connectivity index (χ4v) is 1.23. The van der Waals surface area contributed by atoms with Crippen molar-refractivity contribution in [1.82, 2.24) is 5.48 Å². The zero-order valence-corrected chi connectivity index (χ0v) is 8.67. The molecular formula is C8H10BrN3O. The van der Waals surface area contributed by atoms with E-state index < -0.39 is 0 Å². The van der Waals surface area contributed by atoms with Crippen LogP contribution >= 0.6 is 15.9 Å². The van der Waals surface area contributed by atoms with Crippen molar-refractivity contribution in [2.75, 3.05) is 0 Å². The second-order valence-corrected chi connectivity index (χ2v) is 3.35. The zero-order chi connectivity index (χ0) is 9.84. The Bertz CT molecular complexity index is 338. The summed E-state index contributed by atoms with van der Waals surface area (Å²) in [5.74, 6) is -0.0267. The summed E-state index contributed by atoms with van der Waals surface area (Å²) in [7, 11) is 0. The maximum absolute atomic E-state index is 8.44. The van der Waals surface area contributed by atoms with Gasteiger partial charge in [0.25, 0.3) is 0 Å². The van der Waals surface area contributed by atoms with Crippen molar-refractivity contribution in [3.05, 3.63) is 28.2 Å². The molecule has 5 heteroatoms. The third kappa shape index (κ3) is 2.43. The van der Waals surface area contributed by atoms with Crippen molar-refractivity contribution >= 4 is 27.6 Å². The standard InChI is InChI=1S/C8H10BrN3O/c1-5-6(9)3-2-4-7(5)11-8(10)12-13/h2-4,13H,1H3,(H3,10,11,12). The van der Waals surface area contributed by atoms with E-state index in [1.807, 2.05) is 25.1 Å². The Balaban J connectivity index is 3.09. The Labute approximate surface area is 84.6 Å². The molecule has 1 aromatic rings. The Morgan fingerprint density at radius 1 is 1.62 bits per heavy atom. The zero-order valence-electron chi connectivity index (χ0n) is 7.08. The molecule has 0 aliphatic rings. The first kappa shape index (κ1) is 10.0. The monoisotopic (exact) mass is 243 g/mol. The lowest BCUT2D eigenvalue weighted by Crippen LogP contribution is -2.27. The minimum Gasteiger partial charge on any atom is -0.368 e. The highest BCUT2D eigenvalue weighted by Gasteiger charge is 2.00. The molecule has 0 spiro atoms. The van der Waals surface area contributed by atoms with Gasteiger partial charge in [0, 0.05) is 4.47 Å². The van der Waals surface area contributed by atoms with E-state index >= 15 is 0 Å². The fraction of sp³-hybridized carbons (Fsp3) is 0.125. The van der Waals surface area contributed by atoms with Crippen molar-refractivity contribution in [1.29, 1.82) is 0 Å². The Kier molecular flexibility index (Phi) is 3.27. The van der Waals surface area contributed by atoms with Crippen LogP contribution < -0.4 is 11.2 Å². The number of benzene rings is 1. The van der Waals surface area contributed by atoms with Gasteiger partial charge in [-0.2, -0.15) is 0 Å². The van der Waals surface area contributed by atoms with E-state index in [2.05, 4.69) is 20.9 Å². The molecule has 70 valence electrons. The summed E-state index contributed by atoms with van der Waals surface area (Å²) in [6, 6.07) is 5.57. The molecule has 0 amide bonds. The number of hydrogen-bond donors (Lipinski definition) is 3. The molecule has 0 bridgehead atoms. The average Bonchev–Trinajstić information content (AvgIpc) is 2.13. The van der Waals surface area contributed by atoms with Crippen LogP contribution in [0.2, 0.25) is 0 Å². The van der Waals surface area contributed by atoms with E-state index in [4.69, 9.17) is 10.9 Å². The van der Waals surface area contributed by atoms with Gasteiger partial charge in [0.2, 0.25) is 5.96 Å². The summed E-state index contributed by atoms with van der Waals surface area (Å²) >= 11 is 3.36. The number of hydrogen-bond acceptors (Lipinski definition) is 2. The number of guanidine groups is 1. The van der Waals surface area contributed by atoms with Crippen molar-refractivity contribution < 1.29 is 5.21 Å². The molecular weight excluding hydrogens is 234 g/mol. The minimum atomic E-state index is -0.0267. The van der Waals surface area contributed by atoms with Gasteiger partial charge in [0.15, 0.2) is 0 Å². The van der Waals surface area contributed by atoms with Gasteiger partial charge in [-0.25, -0.2) is 10.5 Å². The van der Waals surface area contributed by atoms with Gasteiger partial charge in [-0.15, -0.1) is 0 Å². The predicted octanol–water partition coefficient (Wildman–Crippen LogP) is 1.68. The summed E-state index contributed by atoms with van der Waals surface area (Å²) in [6.07, 6.45) is 0. The molecule has 0 aliphatic carbocycles. The van der Waals surface area contributed by atoms with Crippen LogP contribution in [0, 0.1) is 6.92 Å². The van der Waals surface area contributed by atoms with E-state index in [0.717, 1.165) is 10.0 Å². The maximum Gasteiger partial charge on any atom is 0.218 e. The SMILES string of the molecule is Cc1c(Br)cccc1N=C(N)NO. The predicted molar refractivity (Wildman–Crippen MR) is 55.1 cm³/mol. The summed E-state index contributed by atoms with van der Waals surface area (Å²) in [5, 5.41) is 8.44. The smallest absolute Gasteiger partial charge is 0.218 e. The van der Waals surface area contributed by atoms with Gasteiger partial charge in [-0.05, 0) is 24.6 Å². The number of hydroxylamine groups is 1. The van der Waals surface area contributed by atoms with Crippen LogP contribution in [0.4, 0.5) is 5.69 Å². The van der Waals surface area contributed by atoms with Gasteiger partial charge in [-0.3, -0.25) is 5.21 Å². The molecule has 4 N–H and O–H groups in total. The molecule has 4 nitrogen and oxygen atoms in total. The quantitative estimate of drug-likeness (QED) is 0.400. The first-order chi connectivity index (χ1) is 6.15. The molecule has 0 saturated carbocycles. The lowest BCUT2D eigenvalue weighted by Gasteiger charge is -2.03. The number of nitrogens with zero attached hydrogens (tertiary/aromatic N) is 1. The molecule has 0 unspecified atom stereocenters. The highest BCUT2D eigenvalue weighted by Crippen LogP contribution is 2.25. The molecule has 1 rings (SSSR count). The summed E-state index contributed by atoms with van der Waals surface area (Å²) in [6.45, 7) is 1.91. The lowest BCUT2D eigenvalue weighted by molar-refractivity contribution is 0.233. The molecule has 0 aliphatic heterocycles. The van der Waals surface area contributed by atoms with Crippen molar-refractivity contribution in [2.24, 2.45) is 10.7 Å². The first-order valence-corrected chi connectivity index (χ1v) is 4.44. The van der Waals surface area contributed by atoms with E-state index in [9.17, 15) is 0 Å².